The van der Waals surface area contributed by atoms with Crippen LogP contribution in [-0.4, -0.2) is 46.4 Å². The molecule has 1 saturated heterocycles. The van der Waals surface area contributed by atoms with Gasteiger partial charge in [0.15, 0.2) is 0 Å². The van der Waals surface area contributed by atoms with Crippen LogP contribution in [-0.2, 0) is 27.4 Å². The number of carbonyl (C=O) groups excluding carboxylic acids is 3. The second-order valence-corrected chi connectivity index (χ2v) is 10.1. The molecule has 5 rings (SSSR count). The van der Waals surface area contributed by atoms with Crippen molar-refractivity contribution in [2.24, 2.45) is 5.73 Å². The third-order valence-corrected chi connectivity index (χ3v) is 7.25. The van der Waals surface area contributed by atoms with E-state index >= 15 is 0 Å². The van der Waals surface area contributed by atoms with Crippen LogP contribution in [0, 0.1) is 0 Å². The van der Waals surface area contributed by atoms with Crippen LogP contribution < -0.4 is 16.4 Å². The summed E-state index contributed by atoms with van der Waals surface area (Å²) in [7, 11) is 0. The molecule has 2 heterocycles. The van der Waals surface area contributed by atoms with Crippen molar-refractivity contribution in [1.82, 2.24) is 20.5 Å². The summed E-state index contributed by atoms with van der Waals surface area (Å²) < 4.78 is 5.40. The molecule has 0 saturated carbocycles. The maximum atomic E-state index is 13.8. The first kappa shape index (κ1) is 27.8. The molecule has 3 amide bonds. The van der Waals surface area contributed by atoms with Gasteiger partial charge in [-0.25, -0.2) is 4.79 Å². The Hall–Kier alpha value is -4.76. The first-order valence-electron chi connectivity index (χ1n) is 13.7. The maximum absolute atomic E-state index is 13.8. The standard InChI is InChI=1S/C32H33N5O4/c33-29(25-13-14-26-20-34-16-15-24(26)19-25)36-30(38)28-12-7-17-37(28)31(39)27(18-22-8-3-1-4-9-22)35-32(40)41-21-23-10-5-2-6-11-23/h1-6,8-11,13-16,19-20,27-29H,7,12,17-18,21,33H2,(H,35,40)(H,36,38)/t27-,28+,29?/m1/s1. The number of pyridine rings is 1. The highest BCUT2D eigenvalue weighted by atomic mass is 16.5. The molecule has 0 bridgehead atoms. The maximum Gasteiger partial charge on any atom is 0.408 e. The molecule has 0 radical (unpaired) electrons. The molecular weight excluding hydrogens is 518 g/mol. The zero-order chi connectivity index (χ0) is 28.6. The molecule has 210 valence electrons. The first-order valence-corrected chi connectivity index (χ1v) is 13.7. The average Bonchev–Trinajstić information content (AvgIpc) is 3.50. The Labute approximate surface area is 238 Å². The van der Waals surface area contributed by atoms with Crippen LogP contribution in [0.4, 0.5) is 4.79 Å². The van der Waals surface area contributed by atoms with Gasteiger partial charge in [-0.1, -0.05) is 72.8 Å². The largest absolute Gasteiger partial charge is 0.445 e. The van der Waals surface area contributed by atoms with Gasteiger partial charge in [-0.05, 0) is 47.1 Å². The van der Waals surface area contributed by atoms with Crippen molar-refractivity contribution in [2.45, 2.75) is 44.1 Å². The molecular formula is C32H33N5O4. The van der Waals surface area contributed by atoms with Crippen LogP contribution in [0.15, 0.2) is 97.3 Å². The molecule has 0 aliphatic carbocycles. The second-order valence-electron chi connectivity index (χ2n) is 10.1. The summed E-state index contributed by atoms with van der Waals surface area (Å²) in [6, 6.07) is 24.7. The lowest BCUT2D eigenvalue weighted by atomic mass is 10.0. The molecule has 0 spiro atoms. The first-order chi connectivity index (χ1) is 20.0. The van der Waals surface area contributed by atoms with Gasteiger partial charge in [0, 0.05) is 30.7 Å². The van der Waals surface area contributed by atoms with E-state index in [0.29, 0.717) is 19.4 Å². The van der Waals surface area contributed by atoms with E-state index in [0.717, 1.165) is 27.5 Å². The number of alkyl carbamates (subject to hydrolysis) is 1. The summed E-state index contributed by atoms with van der Waals surface area (Å²) in [6.07, 6.45) is 3.46. The van der Waals surface area contributed by atoms with Crippen LogP contribution in [0.5, 0.6) is 0 Å². The van der Waals surface area contributed by atoms with Gasteiger partial charge < -0.3 is 26.0 Å². The van der Waals surface area contributed by atoms with Gasteiger partial charge in [0.2, 0.25) is 11.8 Å². The topological polar surface area (TPSA) is 127 Å². The van der Waals surface area contributed by atoms with Gasteiger partial charge in [0.25, 0.3) is 0 Å². The van der Waals surface area contributed by atoms with E-state index in [4.69, 9.17) is 10.5 Å². The number of hydrogen-bond acceptors (Lipinski definition) is 6. The minimum absolute atomic E-state index is 0.0802. The summed E-state index contributed by atoms with van der Waals surface area (Å²) in [5.74, 6) is -0.668. The molecule has 1 aliphatic rings. The monoisotopic (exact) mass is 551 g/mol. The fourth-order valence-electron chi connectivity index (χ4n) is 5.09. The number of carbonyl (C=O) groups is 3. The number of fused-ring (bicyclic) bond motifs is 1. The Bertz CT molecular complexity index is 1500. The van der Waals surface area contributed by atoms with Crippen molar-refractivity contribution in [3.05, 3.63) is 114 Å². The van der Waals surface area contributed by atoms with Crippen LogP contribution >= 0.6 is 0 Å². The number of ether oxygens (including phenoxy) is 1. The molecule has 1 aromatic heterocycles. The quantitative estimate of drug-likeness (QED) is 0.271. The van der Waals surface area contributed by atoms with Crippen molar-refractivity contribution < 1.29 is 19.1 Å². The minimum atomic E-state index is -0.906. The minimum Gasteiger partial charge on any atom is -0.445 e. The Morgan fingerprint density at radius 2 is 1.66 bits per heavy atom. The van der Waals surface area contributed by atoms with E-state index in [-0.39, 0.29) is 24.8 Å². The highest BCUT2D eigenvalue weighted by molar-refractivity contribution is 5.92. The average molecular weight is 552 g/mol. The molecule has 4 aromatic rings. The van der Waals surface area contributed by atoms with Crippen molar-refractivity contribution >= 4 is 28.7 Å². The molecule has 1 aliphatic heterocycles. The van der Waals surface area contributed by atoms with Crippen LogP contribution in [0.3, 0.4) is 0 Å². The third-order valence-electron chi connectivity index (χ3n) is 7.25. The van der Waals surface area contributed by atoms with Gasteiger partial charge >= 0.3 is 6.09 Å². The van der Waals surface area contributed by atoms with Crippen molar-refractivity contribution in [3.8, 4) is 0 Å². The van der Waals surface area contributed by atoms with Gasteiger partial charge in [-0.15, -0.1) is 0 Å². The van der Waals surface area contributed by atoms with Gasteiger partial charge in [0.05, 0.1) is 0 Å². The number of aromatic nitrogens is 1. The molecule has 9 heteroatoms. The highest BCUT2D eigenvalue weighted by Crippen LogP contribution is 2.22. The van der Waals surface area contributed by atoms with Gasteiger partial charge in [0.1, 0.15) is 24.9 Å². The molecule has 1 unspecified atom stereocenters. The van der Waals surface area contributed by atoms with Crippen molar-refractivity contribution in [3.63, 3.8) is 0 Å². The number of likely N-dealkylation sites (tertiary alicyclic amines) is 1. The molecule has 3 aromatic carbocycles. The lowest BCUT2D eigenvalue weighted by Crippen LogP contribution is -2.55. The number of nitrogens with zero attached hydrogens (tertiary/aromatic N) is 2. The number of benzene rings is 3. The lowest BCUT2D eigenvalue weighted by Gasteiger charge is -2.29. The van der Waals surface area contributed by atoms with Gasteiger partial charge in [-0.2, -0.15) is 0 Å². The molecule has 4 N–H and O–H groups in total. The van der Waals surface area contributed by atoms with Crippen LogP contribution in [0.2, 0.25) is 0 Å². The Balaban J connectivity index is 1.27. The second kappa shape index (κ2) is 13.1. The molecule has 9 nitrogen and oxygen atoms in total. The normalized spacial score (nSPS) is 16.1. The Morgan fingerprint density at radius 1 is 0.927 bits per heavy atom. The predicted octanol–water partition coefficient (Wildman–Crippen LogP) is 3.84. The smallest absolute Gasteiger partial charge is 0.408 e. The summed E-state index contributed by atoms with van der Waals surface area (Å²) >= 11 is 0. The zero-order valence-electron chi connectivity index (χ0n) is 22.6. The number of rotatable bonds is 9. The summed E-state index contributed by atoms with van der Waals surface area (Å²) in [4.78, 5) is 45.6. The zero-order valence-corrected chi connectivity index (χ0v) is 22.6. The molecule has 41 heavy (non-hydrogen) atoms. The van der Waals surface area contributed by atoms with Crippen molar-refractivity contribution in [1.29, 1.82) is 0 Å². The van der Waals surface area contributed by atoms with E-state index in [1.165, 1.54) is 0 Å². The fraction of sp³-hybridized carbons (Fsp3) is 0.250. The lowest BCUT2D eigenvalue weighted by molar-refractivity contribution is -0.140. The predicted molar refractivity (Wildman–Crippen MR) is 155 cm³/mol. The van der Waals surface area contributed by atoms with Crippen LogP contribution in [0.25, 0.3) is 10.8 Å². The SMILES string of the molecule is NC(NC(=O)[C@@H]1CCCN1C(=O)[C@@H](Cc1ccccc1)NC(=O)OCc1ccccc1)c1ccc2cnccc2c1. The van der Waals surface area contributed by atoms with Gasteiger partial charge in [-0.3, -0.25) is 14.6 Å². The Morgan fingerprint density at radius 3 is 2.41 bits per heavy atom. The van der Waals surface area contributed by atoms with Crippen molar-refractivity contribution in [2.75, 3.05) is 6.54 Å². The van der Waals surface area contributed by atoms with Crippen LogP contribution in [0.1, 0.15) is 35.7 Å². The fourth-order valence-corrected chi connectivity index (χ4v) is 5.09. The summed E-state index contributed by atoms with van der Waals surface area (Å²) in [6.45, 7) is 0.484. The van der Waals surface area contributed by atoms with E-state index in [1.807, 2.05) is 84.9 Å². The molecule has 3 atom stereocenters. The van der Waals surface area contributed by atoms with E-state index in [2.05, 4.69) is 15.6 Å². The molecule has 1 fully saturated rings. The third kappa shape index (κ3) is 7.06. The number of nitrogens with two attached hydrogens (primary N) is 1. The highest BCUT2D eigenvalue weighted by Gasteiger charge is 2.38. The number of nitrogens with one attached hydrogen (secondary N) is 2. The van der Waals surface area contributed by atoms with E-state index in [1.54, 1.807) is 17.3 Å². The Kier molecular flexibility index (Phi) is 8.85. The number of hydrogen-bond donors (Lipinski definition) is 3. The van der Waals surface area contributed by atoms with E-state index in [9.17, 15) is 14.4 Å². The number of amides is 3. The summed E-state index contributed by atoms with van der Waals surface area (Å²) in [5.41, 5.74) is 8.82. The summed E-state index contributed by atoms with van der Waals surface area (Å²) in [5, 5.41) is 7.55. The van der Waals surface area contributed by atoms with E-state index < -0.39 is 24.3 Å².